The Labute approximate surface area is 251 Å². The molecule has 1 aliphatic rings. The molecule has 43 heavy (non-hydrogen) atoms. The van der Waals surface area contributed by atoms with Gasteiger partial charge in [-0.1, -0.05) is 23.8 Å². The van der Waals surface area contributed by atoms with E-state index < -0.39 is 51.2 Å². The fourth-order valence-electron chi connectivity index (χ4n) is 3.44. The molecule has 16 heteroatoms. The van der Waals surface area contributed by atoms with Crippen LogP contribution in [-0.4, -0.2) is 74.3 Å². The Morgan fingerprint density at radius 3 is 2.05 bits per heavy atom. The Hall–Kier alpha value is -4.18. The zero-order chi connectivity index (χ0) is 32.4. The van der Waals surface area contributed by atoms with Crippen molar-refractivity contribution in [1.82, 2.24) is 25.8 Å². The molecule has 1 heterocycles. The summed E-state index contributed by atoms with van der Waals surface area (Å²) in [5, 5.41) is 11.7. The number of guanidine groups is 1. The van der Waals surface area contributed by atoms with Crippen LogP contribution in [0, 0.1) is 0 Å². The maximum Gasteiger partial charge on any atom is 0.414 e. The molecule has 0 radical (unpaired) electrons. The van der Waals surface area contributed by atoms with Gasteiger partial charge in [-0.15, -0.1) is 4.83 Å². The van der Waals surface area contributed by atoms with E-state index in [1.54, 1.807) is 66.7 Å². The average molecular weight is 625 g/mol. The van der Waals surface area contributed by atoms with Crippen LogP contribution in [-0.2, 0) is 33.9 Å². The van der Waals surface area contributed by atoms with Gasteiger partial charge in [-0.05, 0) is 72.2 Å². The van der Waals surface area contributed by atoms with Crippen molar-refractivity contribution in [3.05, 3.63) is 41.5 Å². The summed E-state index contributed by atoms with van der Waals surface area (Å²) in [6, 6.07) is 7.62. The predicted molar refractivity (Wildman–Crippen MR) is 156 cm³/mol. The lowest BCUT2D eigenvalue weighted by atomic mass is 9.99. The van der Waals surface area contributed by atoms with Crippen molar-refractivity contribution in [2.24, 2.45) is 5.16 Å². The number of amides is 4. The molecule has 0 fully saturated rings. The number of hydrogen-bond acceptors (Lipinski definition) is 10. The van der Waals surface area contributed by atoms with Crippen LogP contribution in [0.5, 0.6) is 0 Å². The van der Waals surface area contributed by atoms with Gasteiger partial charge in [-0.2, -0.15) is 0 Å². The SMILES string of the molecule is CC1=C(CC(=O)NCCON=C(NC(=O)OC(C)(C)C)NC(=O)OC(C)(C)C)C(=O)N(NS(=O)(=O)c2ccccc2)CC1. The number of carbonyl (C=O) groups excluding carboxylic acids is 4. The van der Waals surface area contributed by atoms with E-state index in [4.69, 9.17) is 14.3 Å². The lowest BCUT2D eigenvalue weighted by Gasteiger charge is -2.29. The zero-order valence-corrected chi connectivity index (χ0v) is 26.2. The molecule has 238 valence electrons. The minimum Gasteiger partial charge on any atom is -0.444 e. The largest absolute Gasteiger partial charge is 0.444 e. The Morgan fingerprint density at radius 1 is 0.953 bits per heavy atom. The number of oxime groups is 1. The zero-order valence-electron chi connectivity index (χ0n) is 25.4. The predicted octanol–water partition coefficient (Wildman–Crippen LogP) is 2.27. The van der Waals surface area contributed by atoms with E-state index in [0.717, 1.165) is 5.01 Å². The van der Waals surface area contributed by atoms with Crippen molar-refractivity contribution in [2.75, 3.05) is 19.7 Å². The normalized spacial score (nSPS) is 14.0. The Morgan fingerprint density at radius 2 is 1.51 bits per heavy atom. The first-order chi connectivity index (χ1) is 19.9. The number of nitrogens with zero attached hydrogens (tertiary/aromatic N) is 2. The molecule has 4 amide bonds. The van der Waals surface area contributed by atoms with Crippen molar-refractivity contribution < 1.29 is 41.9 Å². The topological polar surface area (TPSA) is 194 Å². The molecular weight excluding hydrogens is 584 g/mol. The van der Waals surface area contributed by atoms with E-state index in [0.29, 0.717) is 12.0 Å². The second-order valence-electron chi connectivity index (χ2n) is 11.4. The minimum atomic E-state index is -3.99. The Kier molecular flexibility index (Phi) is 12.1. The van der Waals surface area contributed by atoms with Crippen LogP contribution in [0.2, 0.25) is 0 Å². The number of rotatable bonds is 9. The van der Waals surface area contributed by atoms with E-state index in [-0.39, 0.29) is 36.6 Å². The van der Waals surface area contributed by atoms with E-state index >= 15 is 0 Å². The first-order valence-electron chi connectivity index (χ1n) is 13.4. The molecule has 0 atom stereocenters. The summed E-state index contributed by atoms with van der Waals surface area (Å²) in [6.45, 7) is 11.5. The van der Waals surface area contributed by atoms with Gasteiger partial charge >= 0.3 is 12.2 Å². The number of sulfonamides is 1. The van der Waals surface area contributed by atoms with Gasteiger partial charge in [-0.25, -0.2) is 18.0 Å². The summed E-state index contributed by atoms with van der Waals surface area (Å²) in [6.07, 6.45) is -1.72. The van der Waals surface area contributed by atoms with Crippen LogP contribution in [0.4, 0.5) is 9.59 Å². The molecule has 0 saturated carbocycles. The van der Waals surface area contributed by atoms with E-state index in [1.807, 2.05) is 0 Å². The van der Waals surface area contributed by atoms with Gasteiger partial charge in [0.15, 0.2) is 0 Å². The van der Waals surface area contributed by atoms with Crippen molar-refractivity contribution in [1.29, 1.82) is 0 Å². The lowest BCUT2D eigenvalue weighted by Crippen LogP contribution is -2.49. The number of hydrogen-bond donors (Lipinski definition) is 4. The summed E-state index contributed by atoms with van der Waals surface area (Å²) < 4.78 is 35.6. The molecule has 0 saturated heterocycles. The molecular formula is C27H40N6O9S. The van der Waals surface area contributed by atoms with Gasteiger partial charge in [0.05, 0.1) is 17.9 Å². The van der Waals surface area contributed by atoms with Crippen LogP contribution in [0.15, 0.2) is 51.5 Å². The molecule has 0 aliphatic carbocycles. The number of benzene rings is 1. The van der Waals surface area contributed by atoms with Gasteiger partial charge < -0.3 is 19.6 Å². The standard InChI is InChI=1S/C27H40N6O9S/c1-18-13-15-33(32-43(38,39)19-11-9-8-10-12-19)22(35)20(18)17-21(34)28-14-16-40-31-23(29-24(36)41-26(2,3)4)30-25(37)42-27(5,6)7/h8-12,32H,13-17H2,1-7H3,(H,28,34)(H2,29,30,31,36,37). The third-order valence-corrected chi connectivity index (χ3v) is 6.61. The third-order valence-electron chi connectivity index (χ3n) is 5.26. The third kappa shape index (κ3) is 12.7. The average Bonchev–Trinajstić information content (AvgIpc) is 2.86. The van der Waals surface area contributed by atoms with Crippen molar-refractivity contribution in [3.63, 3.8) is 0 Å². The lowest BCUT2D eigenvalue weighted by molar-refractivity contribution is -0.131. The summed E-state index contributed by atoms with van der Waals surface area (Å²) in [4.78, 5) is 57.3. The van der Waals surface area contributed by atoms with Gasteiger partial charge in [-0.3, -0.25) is 25.2 Å². The molecule has 0 bridgehead atoms. The smallest absolute Gasteiger partial charge is 0.414 e. The Balaban J connectivity index is 1.93. The molecule has 1 aliphatic heterocycles. The molecule has 1 aromatic carbocycles. The van der Waals surface area contributed by atoms with Crippen LogP contribution in [0.25, 0.3) is 0 Å². The minimum absolute atomic E-state index is 0.00164. The molecule has 2 rings (SSSR count). The number of alkyl carbamates (subject to hydrolysis) is 2. The second kappa shape index (κ2) is 14.8. The van der Waals surface area contributed by atoms with Crippen LogP contribution < -0.4 is 20.8 Å². The molecule has 1 aromatic rings. The summed E-state index contributed by atoms with van der Waals surface area (Å²) >= 11 is 0. The van der Waals surface area contributed by atoms with E-state index in [9.17, 15) is 27.6 Å². The summed E-state index contributed by atoms with van der Waals surface area (Å²) in [5.74, 6) is -1.53. The van der Waals surface area contributed by atoms with Gasteiger partial charge in [0.1, 0.15) is 17.8 Å². The molecule has 0 aromatic heterocycles. The first-order valence-corrected chi connectivity index (χ1v) is 14.9. The molecule has 0 unspecified atom stereocenters. The highest BCUT2D eigenvalue weighted by Gasteiger charge is 2.30. The van der Waals surface area contributed by atoms with Crippen LogP contribution >= 0.6 is 0 Å². The fourth-order valence-corrected chi connectivity index (χ4v) is 4.52. The number of ether oxygens (including phenoxy) is 2. The summed E-state index contributed by atoms with van der Waals surface area (Å²) in [7, 11) is -3.99. The maximum atomic E-state index is 13.0. The molecule has 15 nitrogen and oxygen atoms in total. The summed E-state index contributed by atoms with van der Waals surface area (Å²) in [5.41, 5.74) is -0.794. The molecule has 0 spiro atoms. The highest BCUT2D eigenvalue weighted by atomic mass is 32.2. The van der Waals surface area contributed by atoms with E-state index in [2.05, 4.69) is 25.9 Å². The Bertz CT molecular complexity index is 1310. The first kappa shape index (κ1) is 35.0. The highest BCUT2D eigenvalue weighted by Crippen LogP contribution is 2.21. The quantitative estimate of drug-likeness (QED) is 0.138. The monoisotopic (exact) mass is 624 g/mol. The second-order valence-corrected chi connectivity index (χ2v) is 13.1. The van der Waals surface area contributed by atoms with Gasteiger partial charge in [0.2, 0.25) is 5.91 Å². The van der Waals surface area contributed by atoms with Crippen molar-refractivity contribution in [2.45, 2.75) is 77.4 Å². The van der Waals surface area contributed by atoms with Crippen molar-refractivity contribution >= 4 is 40.0 Å². The number of nitrogens with one attached hydrogen (secondary N) is 4. The van der Waals surface area contributed by atoms with Crippen LogP contribution in [0.1, 0.15) is 61.3 Å². The molecule has 4 N–H and O–H groups in total. The van der Waals surface area contributed by atoms with Crippen LogP contribution in [0.3, 0.4) is 0 Å². The van der Waals surface area contributed by atoms with E-state index in [1.165, 1.54) is 12.1 Å². The van der Waals surface area contributed by atoms with Gasteiger partial charge in [0.25, 0.3) is 21.9 Å². The van der Waals surface area contributed by atoms with Crippen molar-refractivity contribution in [3.8, 4) is 0 Å². The number of hydrazine groups is 1. The number of carbonyl (C=O) groups is 4. The highest BCUT2D eigenvalue weighted by molar-refractivity contribution is 7.89. The maximum absolute atomic E-state index is 13.0. The fraction of sp³-hybridized carbons (Fsp3) is 0.519. The van der Waals surface area contributed by atoms with Gasteiger partial charge in [0, 0.05) is 12.1 Å².